The van der Waals surface area contributed by atoms with E-state index < -0.39 is 5.82 Å². The van der Waals surface area contributed by atoms with Crippen LogP contribution in [0.3, 0.4) is 0 Å². The number of halogens is 2. The first-order valence-electron chi connectivity index (χ1n) is 7.35. The van der Waals surface area contributed by atoms with Crippen LogP contribution in [0.25, 0.3) is 0 Å². The van der Waals surface area contributed by atoms with Crippen molar-refractivity contribution in [2.24, 2.45) is 0 Å². The van der Waals surface area contributed by atoms with Crippen LogP contribution in [0, 0.1) is 5.82 Å². The number of nitrogens with one attached hydrogen (secondary N) is 2. The quantitative estimate of drug-likeness (QED) is 0.805. The Morgan fingerprint density at radius 2 is 1.87 bits per heavy atom. The van der Waals surface area contributed by atoms with Crippen LogP contribution in [0.1, 0.15) is 31.9 Å². The average molecular weight is 335 g/mol. The average Bonchev–Trinajstić information content (AvgIpc) is 2.46. The first-order valence-corrected chi connectivity index (χ1v) is 7.73. The predicted molar refractivity (Wildman–Crippen MR) is 92.4 cm³/mol. The maximum atomic E-state index is 13.7. The van der Waals surface area contributed by atoms with Gasteiger partial charge < -0.3 is 10.6 Å². The van der Waals surface area contributed by atoms with Crippen LogP contribution in [-0.2, 0) is 12.0 Å². The molecule has 2 amide bonds. The van der Waals surface area contributed by atoms with Gasteiger partial charge in [0.25, 0.3) is 0 Å². The Bertz CT molecular complexity index is 710. The molecule has 2 aromatic rings. The van der Waals surface area contributed by atoms with Crippen LogP contribution in [-0.4, -0.2) is 6.03 Å². The van der Waals surface area contributed by atoms with Gasteiger partial charge >= 0.3 is 6.03 Å². The van der Waals surface area contributed by atoms with Crippen molar-refractivity contribution in [3.05, 3.63) is 64.4 Å². The summed E-state index contributed by atoms with van der Waals surface area (Å²) in [7, 11) is 0. The number of hydrogen-bond acceptors (Lipinski definition) is 1. The third-order valence-corrected chi connectivity index (χ3v) is 3.67. The van der Waals surface area contributed by atoms with Crippen molar-refractivity contribution in [2.75, 3.05) is 5.32 Å². The van der Waals surface area contributed by atoms with Crippen molar-refractivity contribution in [3.63, 3.8) is 0 Å². The molecular weight excluding hydrogens is 315 g/mol. The highest BCUT2D eigenvalue weighted by atomic mass is 35.5. The first-order chi connectivity index (χ1) is 10.8. The third-order valence-electron chi connectivity index (χ3n) is 3.44. The molecule has 0 unspecified atom stereocenters. The van der Waals surface area contributed by atoms with Gasteiger partial charge in [0.2, 0.25) is 0 Å². The first kappa shape index (κ1) is 17.3. The Kier molecular flexibility index (Phi) is 5.26. The van der Waals surface area contributed by atoms with Gasteiger partial charge in [-0.2, -0.15) is 0 Å². The molecule has 2 rings (SSSR count). The smallest absolute Gasteiger partial charge is 0.319 e. The van der Waals surface area contributed by atoms with Gasteiger partial charge in [0, 0.05) is 22.8 Å². The summed E-state index contributed by atoms with van der Waals surface area (Å²) in [6, 6.07) is 11.6. The van der Waals surface area contributed by atoms with E-state index in [1.165, 1.54) is 6.07 Å². The van der Waals surface area contributed by atoms with Crippen molar-refractivity contribution in [3.8, 4) is 0 Å². The van der Waals surface area contributed by atoms with Gasteiger partial charge in [-0.25, -0.2) is 9.18 Å². The molecule has 0 saturated heterocycles. The maximum Gasteiger partial charge on any atom is 0.319 e. The number of anilines is 1. The normalized spacial score (nSPS) is 11.2. The molecule has 0 bridgehead atoms. The van der Waals surface area contributed by atoms with E-state index in [-0.39, 0.29) is 18.0 Å². The van der Waals surface area contributed by atoms with Crippen molar-refractivity contribution in [1.29, 1.82) is 0 Å². The van der Waals surface area contributed by atoms with Gasteiger partial charge in [-0.1, -0.05) is 56.6 Å². The number of benzene rings is 2. The molecule has 5 heteroatoms. The molecule has 2 aromatic carbocycles. The molecule has 2 N–H and O–H groups in total. The van der Waals surface area contributed by atoms with Crippen LogP contribution in [0.15, 0.2) is 42.5 Å². The summed E-state index contributed by atoms with van der Waals surface area (Å²) in [5.74, 6) is -0.437. The van der Waals surface area contributed by atoms with E-state index in [4.69, 9.17) is 11.6 Å². The summed E-state index contributed by atoms with van der Waals surface area (Å²) in [5.41, 5.74) is 2.07. The molecule has 0 radical (unpaired) electrons. The van der Waals surface area contributed by atoms with E-state index in [9.17, 15) is 9.18 Å². The van der Waals surface area contributed by atoms with Crippen LogP contribution >= 0.6 is 11.6 Å². The van der Waals surface area contributed by atoms with E-state index in [1.54, 1.807) is 12.1 Å². The number of amides is 2. The molecule has 0 aliphatic carbocycles. The number of carbonyl (C=O) groups excluding carboxylic acids is 1. The monoisotopic (exact) mass is 334 g/mol. The molecule has 23 heavy (non-hydrogen) atoms. The minimum Gasteiger partial charge on any atom is -0.334 e. The number of hydrogen-bond donors (Lipinski definition) is 2. The second kappa shape index (κ2) is 7.01. The standard InChI is InChI=1S/C18H20ClFN2O/c1-18(2,3)14-6-4-5-7-16(14)22-17(23)21-11-12-8-9-13(19)10-15(12)20/h4-10H,11H2,1-3H3,(H2,21,22,23). The number of para-hydroxylation sites is 1. The summed E-state index contributed by atoms with van der Waals surface area (Å²) in [6.07, 6.45) is 0. The molecule has 0 saturated carbocycles. The zero-order valence-electron chi connectivity index (χ0n) is 13.4. The fourth-order valence-electron chi connectivity index (χ4n) is 2.25. The zero-order chi connectivity index (χ0) is 17.0. The van der Waals surface area contributed by atoms with Crippen LogP contribution < -0.4 is 10.6 Å². The fraction of sp³-hybridized carbons (Fsp3) is 0.278. The molecule has 122 valence electrons. The Morgan fingerprint density at radius 1 is 1.17 bits per heavy atom. The highest BCUT2D eigenvalue weighted by Gasteiger charge is 2.18. The molecule has 0 aliphatic rings. The van der Waals surface area contributed by atoms with E-state index in [0.29, 0.717) is 10.6 Å². The molecule has 0 spiro atoms. The van der Waals surface area contributed by atoms with E-state index >= 15 is 0 Å². The lowest BCUT2D eigenvalue weighted by atomic mass is 9.86. The van der Waals surface area contributed by atoms with Gasteiger partial charge in [-0.15, -0.1) is 0 Å². The van der Waals surface area contributed by atoms with Crippen LogP contribution in [0.2, 0.25) is 5.02 Å². The summed E-state index contributed by atoms with van der Waals surface area (Å²) < 4.78 is 13.7. The lowest BCUT2D eigenvalue weighted by Gasteiger charge is -2.23. The largest absolute Gasteiger partial charge is 0.334 e. The van der Waals surface area contributed by atoms with Crippen molar-refractivity contribution in [2.45, 2.75) is 32.7 Å². The zero-order valence-corrected chi connectivity index (χ0v) is 14.2. The molecule has 3 nitrogen and oxygen atoms in total. The van der Waals surface area contributed by atoms with E-state index in [2.05, 4.69) is 31.4 Å². The van der Waals surface area contributed by atoms with Crippen molar-refractivity contribution < 1.29 is 9.18 Å². The molecule has 0 heterocycles. The topological polar surface area (TPSA) is 41.1 Å². The van der Waals surface area contributed by atoms with Gasteiger partial charge in [-0.05, 0) is 29.2 Å². The lowest BCUT2D eigenvalue weighted by Crippen LogP contribution is -2.29. The van der Waals surface area contributed by atoms with E-state index in [1.807, 2.05) is 24.3 Å². The van der Waals surface area contributed by atoms with Gasteiger partial charge in [0.1, 0.15) is 5.82 Å². The predicted octanol–water partition coefficient (Wildman–Crippen LogP) is 5.10. The lowest BCUT2D eigenvalue weighted by molar-refractivity contribution is 0.251. The minimum atomic E-state index is -0.437. The van der Waals surface area contributed by atoms with Crippen LogP contribution in [0.4, 0.5) is 14.9 Å². The summed E-state index contributed by atoms with van der Waals surface area (Å²) >= 11 is 5.71. The Morgan fingerprint density at radius 3 is 2.52 bits per heavy atom. The summed E-state index contributed by atoms with van der Waals surface area (Å²) in [4.78, 5) is 12.1. The summed E-state index contributed by atoms with van der Waals surface area (Å²) in [6.45, 7) is 6.32. The van der Waals surface area contributed by atoms with Crippen molar-refractivity contribution >= 4 is 23.3 Å². The van der Waals surface area contributed by atoms with Crippen molar-refractivity contribution in [1.82, 2.24) is 5.32 Å². The number of carbonyl (C=O) groups is 1. The fourth-order valence-corrected chi connectivity index (χ4v) is 2.41. The number of urea groups is 1. The molecule has 0 fully saturated rings. The van der Waals surface area contributed by atoms with Gasteiger partial charge in [-0.3, -0.25) is 0 Å². The Hall–Kier alpha value is -2.07. The van der Waals surface area contributed by atoms with Gasteiger partial charge in [0.05, 0.1) is 0 Å². The second-order valence-corrected chi connectivity index (χ2v) is 6.78. The Labute approximate surface area is 140 Å². The molecule has 0 aliphatic heterocycles. The Balaban J connectivity index is 2.03. The maximum absolute atomic E-state index is 13.7. The van der Waals surface area contributed by atoms with Crippen LogP contribution in [0.5, 0.6) is 0 Å². The molecule has 0 atom stereocenters. The molecule has 0 aromatic heterocycles. The highest BCUT2D eigenvalue weighted by Crippen LogP contribution is 2.29. The number of rotatable bonds is 3. The second-order valence-electron chi connectivity index (χ2n) is 6.34. The minimum absolute atomic E-state index is 0.0898. The van der Waals surface area contributed by atoms with E-state index in [0.717, 1.165) is 11.3 Å². The highest BCUT2D eigenvalue weighted by molar-refractivity contribution is 6.30. The summed E-state index contributed by atoms with van der Waals surface area (Å²) in [5, 5.41) is 5.80. The molecular formula is C18H20ClFN2O. The van der Waals surface area contributed by atoms with Gasteiger partial charge in [0.15, 0.2) is 0 Å². The third kappa shape index (κ3) is 4.70. The SMILES string of the molecule is CC(C)(C)c1ccccc1NC(=O)NCc1ccc(Cl)cc1F.